The molecule has 0 aromatic heterocycles. The van der Waals surface area contributed by atoms with Gasteiger partial charge in [-0.15, -0.1) is 0 Å². The van der Waals surface area contributed by atoms with Crippen molar-refractivity contribution in [2.24, 2.45) is 0 Å². The Hall–Kier alpha value is -1.27. The van der Waals surface area contributed by atoms with Crippen LogP contribution in [-0.2, 0) is 33.2 Å². The van der Waals surface area contributed by atoms with E-state index < -0.39 is 80.7 Å². The van der Waals surface area contributed by atoms with Gasteiger partial charge in [0, 0.05) is 13.0 Å². The van der Waals surface area contributed by atoms with E-state index >= 15 is 0 Å². The van der Waals surface area contributed by atoms with E-state index in [1.165, 1.54) is 116 Å². The van der Waals surface area contributed by atoms with E-state index in [1.807, 2.05) is 0 Å². The highest BCUT2D eigenvalue weighted by atomic mass is 16.7. The van der Waals surface area contributed by atoms with Gasteiger partial charge in [0.15, 0.2) is 12.6 Å². The van der Waals surface area contributed by atoms with Crippen LogP contribution in [0.25, 0.3) is 0 Å². The molecule has 0 aliphatic carbocycles. The first-order chi connectivity index (χ1) is 29.6. The molecular formula is C47H88O14. The summed E-state index contributed by atoms with van der Waals surface area (Å²) in [6, 6.07) is 0. The summed E-state index contributed by atoms with van der Waals surface area (Å²) < 4.78 is 34.1. The fourth-order valence-corrected chi connectivity index (χ4v) is 7.75. The van der Waals surface area contributed by atoms with Gasteiger partial charge >= 0.3 is 5.97 Å². The summed E-state index contributed by atoms with van der Waals surface area (Å²) in [5.74, 6) is -0.382. The number of aliphatic hydroxyl groups is 7. The molecular weight excluding hydrogens is 789 g/mol. The molecule has 2 saturated heterocycles. The molecule has 2 heterocycles. The van der Waals surface area contributed by atoms with Gasteiger partial charge in [-0.05, 0) is 38.5 Å². The maximum absolute atomic E-state index is 12.8. The molecule has 0 bridgehead atoms. The topological polar surface area (TPSA) is 214 Å². The van der Waals surface area contributed by atoms with Crippen LogP contribution in [0.3, 0.4) is 0 Å². The van der Waals surface area contributed by atoms with Gasteiger partial charge in [-0.3, -0.25) is 4.79 Å². The van der Waals surface area contributed by atoms with Gasteiger partial charge in [-0.1, -0.05) is 148 Å². The van der Waals surface area contributed by atoms with E-state index in [1.54, 1.807) is 0 Å². The summed E-state index contributed by atoms with van der Waals surface area (Å²) in [6.45, 7) is 3.64. The zero-order valence-electron chi connectivity index (χ0n) is 37.9. The molecule has 61 heavy (non-hydrogen) atoms. The zero-order valence-corrected chi connectivity index (χ0v) is 37.9. The Morgan fingerprint density at radius 1 is 0.525 bits per heavy atom. The van der Waals surface area contributed by atoms with Crippen LogP contribution in [0.15, 0.2) is 12.2 Å². The second-order valence-corrected chi connectivity index (χ2v) is 17.3. The Kier molecular flexibility index (Phi) is 33.0. The third kappa shape index (κ3) is 24.6. The molecule has 0 aromatic rings. The van der Waals surface area contributed by atoms with Crippen LogP contribution in [0, 0.1) is 0 Å². The molecule has 0 saturated carbocycles. The lowest BCUT2D eigenvalue weighted by atomic mass is 9.98. The van der Waals surface area contributed by atoms with Crippen molar-refractivity contribution < 1.29 is 69.0 Å². The number of esters is 1. The maximum Gasteiger partial charge on any atom is 0.306 e. The Morgan fingerprint density at radius 2 is 0.967 bits per heavy atom. The van der Waals surface area contributed by atoms with Crippen molar-refractivity contribution in [1.29, 1.82) is 0 Å². The molecule has 2 rings (SSSR count). The van der Waals surface area contributed by atoms with E-state index in [0.717, 1.165) is 38.5 Å². The van der Waals surface area contributed by atoms with Crippen LogP contribution >= 0.6 is 0 Å². The molecule has 0 spiro atoms. The van der Waals surface area contributed by atoms with Crippen molar-refractivity contribution in [3.8, 4) is 0 Å². The highest BCUT2D eigenvalue weighted by molar-refractivity contribution is 5.69. The van der Waals surface area contributed by atoms with E-state index in [2.05, 4.69) is 26.0 Å². The van der Waals surface area contributed by atoms with Gasteiger partial charge in [0.2, 0.25) is 0 Å². The van der Waals surface area contributed by atoms with Crippen LogP contribution in [0.1, 0.15) is 181 Å². The first-order valence-electron chi connectivity index (χ1n) is 24.3. The number of hydrogen-bond donors (Lipinski definition) is 7. The number of aliphatic hydroxyl groups excluding tert-OH is 7. The van der Waals surface area contributed by atoms with E-state index in [4.69, 9.17) is 28.4 Å². The minimum atomic E-state index is -1.70. The Morgan fingerprint density at radius 3 is 1.49 bits per heavy atom. The first kappa shape index (κ1) is 55.9. The Labute approximate surface area is 367 Å². The molecule has 0 radical (unpaired) electrons. The van der Waals surface area contributed by atoms with Gasteiger partial charge in [0.1, 0.15) is 54.9 Å². The molecule has 11 atom stereocenters. The average Bonchev–Trinajstić information content (AvgIpc) is 3.25. The second-order valence-electron chi connectivity index (χ2n) is 17.3. The highest BCUT2D eigenvalue weighted by Gasteiger charge is 2.47. The van der Waals surface area contributed by atoms with Crippen molar-refractivity contribution in [1.82, 2.24) is 0 Å². The molecule has 0 amide bonds. The molecule has 0 aromatic carbocycles. The van der Waals surface area contributed by atoms with E-state index in [0.29, 0.717) is 13.0 Å². The second kappa shape index (κ2) is 36.0. The van der Waals surface area contributed by atoms with Crippen molar-refractivity contribution in [3.63, 3.8) is 0 Å². The number of ether oxygens (including phenoxy) is 6. The van der Waals surface area contributed by atoms with E-state index in [9.17, 15) is 40.5 Å². The molecule has 14 heteroatoms. The summed E-state index contributed by atoms with van der Waals surface area (Å²) in [4.78, 5) is 12.8. The summed E-state index contributed by atoms with van der Waals surface area (Å²) in [5.41, 5.74) is 0. The van der Waals surface area contributed by atoms with Gasteiger partial charge in [-0.2, -0.15) is 0 Å². The molecule has 11 unspecified atom stereocenters. The molecule has 2 fully saturated rings. The quantitative estimate of drug-likeness (QED) is 0.0206. The van der Waals surface area contributed by atoms with Gasteiger partial charge in [0.05, 0.1) is 26.4 Å². The smallest absolute Gasteiger partial charge is 0.306 e. The summed E-state index contributed by atoms with van der Waals surface area (Å²) >= 11 is 0. The lowest BCUT2D eigenvalue weighted by molar-refractivity contribution is -0.332. The molecule has 7 N–H and O–H groups in total. The number of rotatable bonds is 38. The van der Waals surface area contributed by atoms with E-state index in [-0.39, 0.29) is 25.6 Å². The van der Waals surface area contributed by atoms with Gasteiger partial charge in [-0.25, -0.2) is 0 Å². The molecule has 14 nitrogen and oxygen atoms in total. The molecule has 2 aliphatic rings. The number of carbonyl (C=O) groups excluding carboxylic acids is 1. The minimum Gasteiger partial charge on any atom is -0.457 e. The fraction of sp³-hybridized carbons (Fsp3) is 0.936. The summed E-state index contributed by atoms with van der Waals surface area (Å²) in [5, 5.41) is 71.8. The van der Waals surface area contributed by atoms with Crippen LogP contribution in [0.4, 0.5) is 0 Å². The normalized spacial score (nSPS) is 27.5. The fourth-order valence-electron chi connectivity index (χ4n) is 7.75. The highest BCUT2D eigenvalue weighted by Crippen LogP contribution is 2.26. The van der Waals surface area contributed by atoms with Crippen molar-refractivity contribution >= 4 is 5.97 Å². The number of carbonyl (C=O) groups is 1. The number of unbranched alkanes of at least 4 members (excludes halogenated alkanes) is 22. The number of allylic oxidation sites excluding steroid dienone is 2. The third-order valence-electron chi connectivity index (χ3n) is 11.8. The first-order valence-corrected chi connectivity index (χ1v) is 24.3. The zero-order chi connectivity index (χ0) is 44.5. The predicted octanol–water partition coefficient (Wildman–Crippen LogP) is 6.29. The summed E-state index contributed by atoms with van der Waals surface area (Å²) in [6.07, 6.45) is 18.8. The van der Waals surface area contributed by atoms with Crippen LogP contribution in [0.5, 0.6) is 0 Å². The Balaban J connectivity index is 1.71. The molecule has 360 valence electrons. The standard InChI is InChI=1S/C47H88O14/c1-3-5-7-9-11-12-13-14-15-16-17-18-19-20-21-22-23-25-27-29-31-56-33-36(59-39(49)30-28-26-24-10-8-6-4-2)34-57-46-45(55)43(53)41(51)38(61-46)35-58-47-44(54)42(52)40(50)37(32-48)60-47/h14-15,36-38,40-48,50-55H,3-13,16-35H2,1-2H3/b15-14-. The Bertz CT molecular complexity index is 1060. The molecule has 2 aliphatic heterocycles. The monoisotopic (exact) mass is 877 g/mol. The number of hydrogen-bond acceptors (Lipinski definition) is 14. The summed E-state index contributed by atoms with van der Waals surface area (Å²) in [7, 11) is 0. The van der Waals surface area contributed by atoms with Crippen molar-refractivity contribution in [2.45, 2.75) is 248 Å². The van der Waals surface area contributed by atoms with Gasteiger partial charge < -0.3 is 64.2 Å². The lowest BCUT2D eigenvalue weighted by Crippen LogP contribution is -2.61. The average molecular weight is 877 g/mol. The van der Waals surface area contributed by atoms with Gasteiger partial charge in [0.25, 0.3) is 0 Å². The SMILES string of the molecule is CCCCCCCC/C=C\CCCCCCCCCCCCOCC(COC1OC(COC2OC(CO)C(O)C(O)C2O)C(O)C(O)C1O)OC(=O)CCCCCCCCC. The minimum absolute atomic E-state index is 0.0648. The van der Waals surface area contributed by atoms with Crippen LogP contribution < -0.4 is 0 Å². The lowest BCUT2D eigenvalue weighted by Gasteiger charge is -2.42. The van der Waals surface area contributed by atoms with Crippen molar-refractivity contribution in [3.05, 3.63) is 12.2 Å². The third-order valence-corrected chi connectivity index (χ3v) is 11.8. The van der Waals surface area contributed by atoms with Crippen molar-refractivity contribution in [2.75, 3.05) is 33.0 Å². The van der Waals surface area contributed by atoms with Crippen LogP contribution in [0.2, 0.25) is 0 Å². The van der Waals surface area contributed by atoms with Crippen LogP contribution in [-0.4, -0.2) is 142 Å². The predicted molar refractivity (Wildman–Crippen MR) is 234 cm³/mol. The maximum atomic E-state index is 12.8. The largest absolute Gasteiger partial charge is 0.457 e.